The van der Waals surface area contributed by atoms with Crippen molar-refractivity contribution in [3.8, 4) is 5.75 Å². The van der Waals surface area contributed by atoms with E-state index in [2.05, 4.69) is 4.90 Å². The molecule has 2 unspecified atom stereocenters. The summed E-state index contributed by atoms with van der Waals surface area (Å²) in [4.78, 5) is 16.5. The van der Waals surface area contributed by atoms with Gasteiger partial charge in [0.25, 0.3) is 0 Å². The number of nitrogens with zero attached hydrogens (tertiary/aromatic N) is 2. The lowest BCUT2D eigenvalue weighted by molar-refractivity contribution is -0.135. The number of rotatable bonds is 6. The maximum Gasteiger partial charge on any atom is 0.239 e. The van der Waals surface area contributed by atoms with Crippen LogP contribution in [0, 0.1) is 11.7 Å². The van der Waals surface area contributed by atoms with Gasteiger partial charge in [-0.1, -0.05) is 20.3 Å². The first kappa shape index (κ1) is 24.9. The maximum absolute atomic E-state index is 13.5. The zero-order chi connectivity index (χ0) is 17.7. The van der Waals surface area contributed by atoms with Crippen molar-refractivity contribution < 1.29 is 13.9 Å². The minimum atomic E-state index is -0.426. The van der Waals surface area contributed by atoms with E-state index < -0.39 is 6.04 Å². The number of carbonyl (C=O) groups is 1. The molecule has 26 heavy (non-hydrogen) atoms. The molecule has 0 saturated carbocycles. The summed E-state index contributed by atoms with van der Waals surface area (Å²) in [5.41, 5.74) is 6.88. The lowest BCUT2D eigenvalue weighted by atomic mass is 9.98. The van der Waals surface area contributed by atoms with Crippen LogP contribution in [0.1, 0.15) is 25.8 Å². The molecule has 0 spiro atoms. The van der Waals surface area contributed by atoms with E-state index in [-0.39, 0.29) is 42.5 Å². The summed E-state index contributed by atoms with van der Waals surface area (Å²) < 4.78 is 18.8. The quantitative estimate of drug-likeness (QED) is 0.784. The molecule has 1 saturated heterocycles. The van der Waals surface area contributed by atoms with Crippen LogP contribution in [0.3, 0.4) is 0 Å². The van der Waals surface area contributed by atoms with Crippen LogP contribution in [0.2, 0.25) is 0 Å². The molecule has 2 rings (SSSR count). The highest BCUT2D eigenvalue weighted by Gasteiger charge is 2.28. The molecule has 1 aliphatic heterocycles. The van der Waals surface area contributed by atoms with Crippen molar-refractivity contribution in [1.82, 2.24) is 9.80 Å². The van der Waals surface area contributed by atoms with Gasteiger partial charge in [-0.2, -0.15) is 0 Å². The molecule has 8 heteroatoms. The number of halogens is 3. The van der Waals surface area contributed by atoms with Crippen LogP contribution in [-0.2, 0) is 11.3 Å². The Hall–Kier alpha value is -1.08. The van der Waals surface area contributed by atoms with Gasteiger partial charge in [0.1, 0.15) is 11.6 Å². The molecular weight excluding hydrogens is 380 g/mol. The van der Waals surface area contributed by atoms with E-state index in [4.69, 9.17) is 10.5 Å². The molecule has 2 N–H and O–H groups in total. The van der Waals surface area contributed by atoms with Crippen molar-refractivity contribution in [3.63, 3.8) is 0 Å². The van der Waals surface area contributed by atoms with Crippen molar-refractivity contribution in [3.05, 3.63) is 29.6 Å². The van der Waals surface area contributed by atoms with Crippen LogP contribution in [0.15, 0.2) is 18.2 Å². The molecule has 0 radical (unpaired) electrons. The standard InChI is InChI=1S/C18H28FN3O2.2ClH/c1-4-13(2)17(20)18(23)22-9-7-21(8-10-22)12-14-11-15(19)5-6-16(14)24-3;;/h5-6,11,13,17H,4,7-10,12,20H2,1-3H3;2*1H. The normalized spacial score (nSPS) is 16.9. The Balaban J connectivity index is 0.00000312. The first-order valence-corrected chi connectivity index (χ1v) is 8.55. The number of piperazine rings is 1. The van der Waals surface area contributed by atoms with Gasteiger partial charge in [-0.05, 0) is 24.1 Å². The second kappa shape index (κ2) is 11.6. The van der Waals surface area contributed by atoms with Gasteiger partial charge in [0.2, 0.25) is 5.91 Å². The molecule has 0 aromatic heterocycles. The van der Waals surface area contributed by atoms with Gasteiger partial charge in [0.15, 0.2) is 0 Å². The van der Waals surface area contributed by atoms with Crippen molar-refractivity contribution in [2.75, 3.05) is 33.3 Å². The molecule has 0 aliphatic carbocycles. The number of hydrogen-bond donors (Lipinski definition) is 1. The number of amides is 1. The van der Waals surface area contributed by atoms with Crippen molar-refractivity contribution in [2.24, 2.45) is 11.7 Å². The SMILES string of the molecule is CCC(C)C(N)C(=O)N1CCN(Cc2cc(F)ccc2OC)CC1.Cl.Cl. The number of ether oxygens (including phenoxy) is 1. The van der Waals surface area contributed by atoms with Gasteiger partial charge >= 0.3 is 0 Å². The second-order valence-electron chi connectivity index (χ2n) is 6.47. The smallest absolute Gasteiger partial charge is 0.239 e. The third-order valence-electron chi connectivity index (χ3n) is 4.86. The van der Waals surface area contributed by atoms with Crippen LogP contribution in [0.5, 0.6) is 5.75 Å². The van der Waals surface area contributed by atoms with E-state index in [1.807, 2.05) is 18.7 Å². The Bertz CT molecular complexity index is 569. The van der Waals surface area contributed by atoms with Crippen LogP contribution in [-0.4, -0.2) is 55.0 Å². The highest BCUT2D eigenvalue weighted by atomic mass is 35.5. The predicted octanol–water partition coefficient (Wildman–Crippen LogP) is 2.70. The number of hydrogen-bond acceptors (Lipinski definition) is 4. The van der Waals surface area contributed by atoms with Gasteiger partial charge in [-0.3, -0.25) is 9.69 Å². The third-order valence-corrected chi connectivity index (χ3v) is 4.86. The van der Waals surface area contributed by atoms with E-state index in [1.165, 1.54) is 12.1 Å². The van der Waals surface area contributed by atoms with Gasteiger partial charge < -0.3 is 15.4 Å². The Labute approximate surface area is 167 Å². The van der Waals surface area contributed by atoms with Crippen molar-refractivity contribution in [1.29, 1.82) is 0 Å². The highest BCUT2D eigenvalue weighted by Crippen LogP contribution is 2.22. The first-order chi connectivity index (χ1) is 11.5. The molecule has 1 fully saturated rings. The molecule has 150 valence electrons. The minimum absolute atomic E-state index is 0. The van der Waals surface area contributed by atoms with Crippen LogP contribution < -0.4 is 10.5 Å². The average Bonchev–Trinajstić information content (AvgIpc) is 2.60. The lowest BCUT2D eigenvalue weighted by Gasteiger charge is -2.36. The molecule has 0 bridgehead atoms. The van der Waals surface area contributed by atoms with E-state index in [0.717, 1.165) is 25.1 Å². The first-order valence-electron chi connectivity index (χ1n) is 8.55. The third kappa shape index (κ3) is 6.27. The summed E-state index contributed by atoms with van der Waals surface area (Å²) in [6, 6.07) is 4.13. The number of nitrogens with two attached hydrogens (primary N) is 1. The molecule has 1 aromatic carbocycles. The van der Waals surface area contributed by atoms with Crippen molar-refractivity contribution >= 4 is 30.7 Å². The van der Waals surface area contributed by atoms with Gasteiger partial charge in [-0.15, -0.1) is 24.8 Å². The summed E-state index contributed by atoms with van der Waals surface area (Å²) in [5, 5.41) is 0. The fraction of sp³-hybridized carbons (Fsp3) is 0.611. The second-order valence-corrected chi connectivity index (χ2v) is 6.47. The molecule has 1 heterocycles. The van der Waals surface area contributed by atoms with E-state index in [1.54, 1.807) is 13.2 Å². The van der Waals surface area contributed by atoms with Crippen molar-refractivity contribution in [2.45, 2.75) is 32.9 Å². The topological polar surface area (TPSA) is 58.8 Å². The minimum Gasteiger partial charge on any atom is -0.496 e. The van der Waals surface area contributed by atoms with E-state index in [9.17, 15) is 9.18 Å². The number of carbonyl (C=O) groups excluding carboxylic acids is 1. The molecule has 5 nitrogen and oxygen atoms in total. The van der Waals surface area contributed by atoms with Crippen LogP contribution in [0.25, 0.3) is 0 Å². The fourth-order valence-corrected chi connectivity index (χ4v) is 2.95. The molecule has 1 amide bonds. The lowest BCUT2D eigenvalue weighted by Crippen LogP contribution is -2.54. The Morgan fingerprint density at radius 2 is 1.88 bits per heavy atom. The monoisotopic (exact) mass is 409 g/mol. The number of methoxy groups -OCH3 is 1. The Morgan fingerprint density at radius 3 is 2.42 bits per heavy atom. The van der Waals surface area contributed by atoms with Gasteiger partial charge in [0, 0.05) is 38.3 Å². The highest BCUT2D eigenvalue weighted by molar-refractivity contribution is 5.85. The fourth-order valence-electron chi connectivity index (χ4n) is 2.95. The summed E-state index contributed by atoms with van der Waals surface area (Å²) in [6.07, 6.45) is 0.895. The predicted molar refractivity (Wildman–Crippen MR) is 107 cm³/mol. The molecule has 1 aromatic rings. The number of benzene rings is 1. The molecule has 2 atom stereocenters. The van der Waals surface area contributed by atoms with E-state index in [0.29, 0.717) is 25.4 Å². The molecular formula is C18H30Cl2FN3O2. The average molecular weight is 410 g/mol. The largest absolute Gasteiger partial charge is 0.496 e. The summed E-state index contributed by atoms with van der Waals surface area (Å²) in [7, 11) is 1.59. The summed E-state index contributed by atoms with van der Waals surface area (Å²) in [6.45, 7) is 7.47. The van der Waals surface area contributed by atoms with Crippen LogP contribution in [0.4, 0.5) is 4.39 Å². The van der Waals surface area contributed by atoms with Gasteiger partial charge in [-0.25, -0.2) is 4.39 Å². The van der Waals surface area contributed by atoms with Crippen LogP contribution >= 0.6 is 24.8 Å². The Kier molecular flexibility index (Phi) is 11.1. The zero-order valence-corrected chi connectivity index (χ0v) is 17.2. The summed E-state index contributed by atoms with van der Waals surface area (Å²) >= 11 is 0. The van der Waals surface area contributed by atoms with Gasteiger partial charge in [0.05, 0.1) is 13.2 Å². The Morgan fingerprint density at radius 1 is 1.27 bits per heavy atom. The molecule has 1 aliphatic rings. The van der Waals surface area contributed by atoms with E-state index >= 15 is 0 Å². The summed E-state index contributed by atoms with van der Waals surface area (Å²) in [5.74, 6) is 0.646. The maximum atomic E-state index is 13.5. The zero-order valence-electron chi connectivity index (χ0n) is 15.6.